The number of hydrogen-bond acceptors (Lipinski definition) is 8. The average molecular weight is 490 g/mol. The Balaban J connectivity index is 1.49. The highest BCUT2D eigenvalue weighted by Crippen LogP contribution is 2.33. The molecule has 0 unspecified atom stereocenters. The van der Waals surface area contributed by atoms with Crippen LogP contribution in [0.15, 0.2) is 23.6 Å². The number of fused-ring (bicyclic) bond motifs is 1. The van der Waals surface area contributed by atoms with Gasteiger partial charge in [0, 0.05) is 26.2 Å². The number of aryl methyl sites for hydroxylation is 1. The second kappa shape index (κ2) is 9.13. The lowest BCUT2D eigenvalue weighted by Gasteiger charge is -2.26. The van der Waals surface area contributed by atoms with Gasteiger partial charge in [0.2, 0.25) is 0 Å². The largest absolute Gasteiger partial charge is 0.379 e. The van der Waals surface area contributed by atoms with Crippen LogP contribution in [0.4, 0.5) is 0 Å². The lowest BCUT2D eigenvalue weighted by Crippen LogP contribution is -2.41. The zero-order valence-electron chi connectivity index (χ0n) is 18.5. The van der Waals surface area contributed by atoms with Gasteiger partial charge in [-0.05, 0) is 30.9 Å². The number of pyridine rings is 1. The Kier molecular flexibility index (Phi) is 6.21. The summed E-state index contributed by atoms with van der Waals surface area (Å²) in [5.74, 6) is 0.0300. The Morgan fingerprint density at radius 1 is 1.33 bits per heavy atom. The molecule has 2 saturated heterocycles. The number of rotatable bonds is 6. The van der Waals surface area contributed by atoms with Gasteiger partial charge >= 0.3 is 0 Å². The van der Waals surface area contributed by atoms with Crippen LogP contribution < -0.4 is 5.32 Å². The number of amides is 1. The van der Waals surface area contributed by atoms with Gasteiger partial charge < -0.3 is 10.1 Å². The third kappa shape index (κ3) is 4.68. The van der Waals surface area contributed by atoms with E-state index in [1.54, 1.807) is 16.0 Å². The molecule has 3 aromatic rings. The third-order valence-electron chi connectivity index (χ3n) is 6.23. The number of thiophene rings is 1. The van der Waals surface area contributed by atoms with Gasteiger partial charge in [0.25, 0.3) is 5.91 Å². The number of sulfone groups is 1. The summed E-state index contributed by atoms with van der Waals surface area (Å²) in [5.41, 5.74) is 2.46. The SMILES string of the molecule is Cc1nn([C@H]2CCS(=O)(=O)C2)c2nc(-c3cccs3)cc(C(=O)NCCN3CCOCC3)c12. The number of nitrogens with one attached hydrogen (secondary N) is 1. The highest BCUT2D eigenvalue weighted by Gasteiger charge is 2.32. The van der Waals surface area contributed by atoms with E-state index in [9.17, 15) is 13.2 Å². The van der Waals surface area contributed by atoms with Crippen molar-refractivity contribution < 1.29 is 17.9 Å². The van der Waals surface area contributed by atoms with Crippen molar-refractivity contribution in [2.45, 2.75) is 19.4 Å². The van der Waals surface area contributed by atoms with Crippen LogP contribution in [0.25, 0.3) is 21.6 Å². The predicted molar refractivity (Wildman–Crippen MR) is 127 cm³/mol. The Bertz CT molecular complexity index is 1260. The molecular formula is C22H27N5O4S2. The number of nitrogens with zero attached hydrogens (tertiary/aromatic N) is 4. The number of ether oxygens (including phenoxy) is 1. The molecule has 1 atom stereocenters. The zero-order valence-corrected chi connectivity index (χ0v) is 20.1. The molecule has 1 N–H and O–H groups in total. The van der Waals surface area contributed by atoms with Crippen molar-refractivity contribution in [3.8, 4) is 10.6 Å². The minimum absolute atomic E-state index is 0.0508. The van der Waals surface area contributed by atoms with Crippen molar-refractivity contribution in [2.75, 3.05) is 50.9 Å². The van der Waals surface area contributed by atoms with E-state index >= 15 is 0 Å². The summed E-state index contributed by atoms with van der Waals surface area (Å²) < 4.78 is 31.3. The number of hydrogen-bond donors (Lipinski definition) is 1. The lowest BCUT2D eigenvalue weighted by atomic mass is 10.1. The first-order chi connectivity index (χ1) is 15.9. The van der Waals surface area contributed by atoms with Gasteiger partial charge in [-0.1, -0.05) is 6.07 Å². The first-order valence-electron chi connectivity index (χ1n) is 11.1. The first kappa shape index (κ1) is 22.5. The molecule has 9 nitrogen and oxygen atoms in total. The van der Waals surface area contributed by atoms with Crippen LogP contribution in [0.1, 0.15) is 28.5 Å². The normalized spacial score (nSPS) is 20.9. The Morgan fingerprint density at radius 2 is 2.15 bits per heavy atom. The fourth-order valence-corrected chi connectivity index (χ4v) is 6.89. The molecule has 0 spiro atoms. The molecular weight excluding hydrogens is 462 g/mol. The van der Waals surface area contributed by atoms with Crippen LogP contribution >= 0.6 is 11.3 Å². The number of carbonyl (C=O) groups excluding carboxylic acids is 1. The maximum atomic E-state index is 13.3. The molecule has 0 aliphatic carbocycles. The van der Waals surface area contributed by atoms with Gasteiger partial charge in [-0.15, -0.1) is 11.3 Å². The topological polar surface area (TPSA) is 106 Å². The van der Waals surface area contributed by atoms with Crippen LogP contribution in [0, 0.1) is 6.92 Å². The molecule has 1 amide bonds. The number of morpholine rings is 1. The van der Waals surface area contributed by atoms with Gasteiger partial charge in [0.15, 0.2) is 15.5 Å². The molecule has 3 aromatic heterocycles. The van der Waals surface area contributed by atoms with Gasteiger partial charge in [0.1, 0.15) is 0 Å². The summed E-state index contributed by atoms with van der Waals surface area (Å²) in [5, 5.41) is 10.4. The van der Waals surface area contributed by atoms with Crippen LogP contribution in [0.5, 0.6) is 0 Å². The van der Waals surface area contributed by atoms with Gasteiger partial charge in [-0.25, -0.2) is 18.1 Å². The van der Waals surface area contributed by atoms with Crippen molar-refractivity contribution >= 4 is 38.1 Å². The van der Waals surface area contributed by atoms with E-state index in [0.29, 0.717) is 41.0 Å². The van der Waals surface area contributed by atoms with E-state index in [1.807, 2.05) is 30.5 Å². The summed E-state index contributed by atoms with van der Waals surface area (Å²) in [6, 6.07) is 5.46. The Hall–Kier alpha value is -2.34. The van der Waals surface area contributed by atoms with Gasteiger partial charge in [-0.2, -0.15) is 5.10 Å². The standard InChI is InChI=1S/C22H27N5O4S2/c1-15-20-17(22(28)23-5-6-26-7-9-31-10-8-26)13-18(19-3-2-11-32-19)24-21(20)27(25-15)16-4-12-33(29,30)14-16/h2-3,11,13,16H,4-10,12,14H2,1H3,(H,23,28)/t16-/m0/s1. The van der Waals surface area contributed by atoms with E-state index < -0.39 is 9.84 Å². The molecule has 0 bridgehead atoms. The molecule has 176 valence electrons. The number of aromatic nitrogens is 3. The molecule has 2 fully saturated rings. The van der Waals surface area contributed by atoms with Crippen LogP contribution in [-0.4, -0.2) is 84.9 Å². The molecule has 0 saturated carbocycles. The van der Waals surface area contributed by atoms with Crippen LogP contribution in [0.2, 0.25) is 0 Å². The Morgan fingerprint density at radius 3 is 2.85 bits per heavy atom. The van der Waals surface area contributed by atoms with E-state index in [2.05, 4.69) is 15.3 Å². The van der Waals surface area contributed by atoms with Crippen molar-refractivity contribution in [3.05, 3.63) is 34.8 Å². The fraction of sp³-hybridized carbons (Fsp3) is 0.500. The summed E-state index contributed by atoms with van der Waals surface area (Å²) in [6.07, 6.45) is 0.505. The van der Waals surface area contributed by atoms with E-state index in [-0.39, 0.29) is 23.5 Å². The Labute approximate surface area is 196 Å². The molecule has 2 aliphatic rings. The molecule has 11 heteroatoms. The second-order valence-electron chi connectivity index (χ2n) is 8.53. The van der Waals surface area contributed by atoms with E-state index in [4.69, 9.17) is 9.72 Å². The molecule has 5 rings (SSSR count). The van der Waals surface area contributed by atoms with Gasteiger partial charge in [-0.3, -0.25) is 9.69 Å². The third-order valence-corrected chi connectivity index (χ3v) is 8.87. The molecule has 2 aliphatic heterocycles. The average Bonchev–Trinajstić information content (AvgIpc) is 3.53. The van der Waals surface area contributed by atoms with Gasteiger partial charge in [0.05, 0.1) is 58.0 Å². The van der Waals surface area contributed by atoms with E-state index in [1.165, 1.54) is 0 Å². The summed E-state index contributed by atoms with van der Waals surface area (Å²) >= 11 is 1.55. The maximum absolute atomic E-state index is 13.3. The minimum atomic E-state index is -3.08. The summed E-state index contributed by atoms with van der Waals surface area (Å²) in [6.45, 7) is 6.32. The second-order valence-corrected chi connectivity index (χ2v) is 11.7. The predicted octanol–water partition coefficient (Wildman–Crippen LogP) is 1.89. The molecule has 5 heterocycles. The van der Waals surface area contributed by atoms with Crippen molar-refractivity contribution in [1.82, 2.24) is 25.0 Å². The quantitative estimate of drug-likeness (QED) is 0.564. The molecule has 33 heavy (non-hydrogen) atoms. The lowest BCUT2D eigenvalue weighted by molar-refractivity contribution is 0.0383. The maximum Gasteiger partial charge on any atom is 0.252 e. The first-order valence-corrected chi connectivity index (χ1v) is 13.8. The zero-order chi connectivity index (χ0) is 23.0. The van der Waals surface area contributed by atoms with E-state index in [0.717, 1.165) is 37.7 Å². The molecule has 0 aromatic carbocycles. The van der Waals surface area contributed by atoms with Crippen LogP contribution in [-0.2, 0) is 14.6 Å². The highest BCUT2D eigenvalue weighted by atomic mass is 32.2. The fourth-order valence-electron chi connectivity index (χ4n) is 4.51. The summed E-state index contributed by atoms with van der Waals surface area (Å²) in [4.78, 5) is 21.4. The van der Waals surface area contributed by atoms with Crippen molar-refractivity contribution in [2.24, 2.45) is 0 Å². The minimum Gasteiger partial charge on any atom is -0.379 e. The number of carbonyl (C=O) groups is 1. The summed E-state index contributed by atoms with van der Waals surface area (Å²) in [7, 11) is -3.08. The monoisotopic (exact) mass is 489 g/mol. The van der Waals surface area contributed by atoms with Crippen molar-refractivity contribution in [1.29, 1.82) is 0 Å². The van der Waals surface area contributed by atoms with Crippen LogP contribution in [0.3, 0.4) is 0 Å². The van der Waals surface area contributed by atoms with Crippen molar-refractivity contribution in [3.63, 3.8) is 0 Å². The molecule has 0 radical (unpaired) electrons. The smallest absolute Gasteiger partial charge is 0.252 e. The highest BCUT2D eigenvalue weighted by molar-refractivity contribution is 7.91.